The molecule has 0 radical (unpaired) electrons. The molecule has 1 atom stereocenters. The van der Waals surface area contributed by atoms with Gasteiger partial charge >= 0.3 is 5.97 Å². The number of esters is 1. The molecule has 0 aromatic carbocycles. The fourth-order valence-corrected chi connectivity index (χ4v) is 1.28. The van der Waals surface area contributed by atoms with Gasteiger partial charge in [0.2, 0.25) is 5.91 Å². The molecule has 0 saturated carbocycles. The van der Waals surface area contributed by atoms with E-state index < -0.39 is 0 Å². The molecule has 2 N–H and O–H groups in total. The van der Waals surface area contributed by atoms with Crippen LogP contribution in [0, 0.1) is 0 Å². The van der Waals surface area contributed by atoms with Crippen molar-refractivity contribution < 1.29 is 14.3 Å². The fourth-order valence-electron chi connectivity index (χ4n) is 1.28. The lowest BCUT2D eigenvalue weighted by Gasteiger charge is -2.13. The molecule has 1 amide bonds. The molecule has 5 nitrogen and oxygen atoms in total. The number of carbonyl (C=O) groups is 2. The van der Waals surface area contributed by atoms with Crippen LogP contribution in [0.5, 0.6) is 0 Å². The summed E-state index contributed by atoms with van der Waals surface area (Å²) in [6.45, 7) is 6.72. The van der Waals surface area contributed by atoms with E-state index in [-0.39, 0.29) is 24.5 Å². The van der Waals surface area contributed by atoms with Crippen LogP contribution in [0.2, 0.25) is 0 Å². The first-order valence-corrected chi connectivity index (χ1v) is 6.28. The molecule has 0 heterocycles. The minimum Gasteiger partial charge on any atom is -0.465 e. The Bertz CT molecular complexity index is 232. The molecular weight excluding hydrogens is 220 g/mol. The van der Waals surface area contributed by atoms with Crippen molar-refractivity contribution in [2.75, 3.05) is 19.7 Å². The van der Waals surface area contributed by atoms with Crippen molar-refractivity contribution in [1.29, 1.82) is 0 Å². The molecule has 5 heteroatoms. The first-order valence-electron chi connectivity index (χ1n) is 6.28. The molecule has 1 unspecified atom stereocenters. The molecule has 0 spiro atoms. The molecule has 17 heavy (non-hydrogen) atoms. The van der Waals surface area contributed by atoms with Crippen molar-refractivity contribution in [2.45, 2.75) is 46.1 Å². The zero-order valence-corrected chi connectivity index (χ0v) is 11.0. The predicted octanol–water partition coefficient (Wildman–Crippen LogP) is 0.834. The molecule has 0 aromatic rings. The van der Waals surface area contributed by atoms with E-state index in [1.807, 2.05) is 0 Å². The van der Waals surface area contributed by atoms with E-state index in [0.717, 1.165) is 19.3 Å². The maximum atomic E-state index is 11.6. The van der Waals surface area contributed by atoms with Gasteiger partial charge in [0.15, 0.2) is 0 Å². The first kappa shape index (κ1) is 15.9. The van der Waals surface area contributed by atoms with Gasteiger partial charge in [-0.1, -0.05) is 19.8 Å². The third-order valence-electron chi connectivity index (χ3n) is 2.33. The van der Waals surface area contributed by atoms with Gasteiger partial charge in [-0.3, -0.25) is 14.9 Å². The Morgan fingerprint density at radius 3 is 2.53 bits per heavy atom. The highest BCUT2D eigenvalue weighted by atomic mass is 16.5. The van der Waals surface area contributed by atoms with E-state index in [4.69, 9.17) is 4.74 Å². The van der Waals surface area contributed by atoms with Gasteiger partial charge < -0.3 is 10.1 Å². The second-order valence-electron chi connectivity index (χ2n) is 3.91. The van der Waals surface area contributed by atoms with Gasteiger partial charge in [0.25, 0.3) is 0 Å². The second-order valence-corrected chi connectivity index (χ2v) is 3.91. The van der Waals surface area contributed by atoms with E-state index in [9.17, 15) is 9.59 Å². The SMILES string of the molecule is CCCCCNC(=O)C(C)NCC(=O)OCC. The molecule has 0 aliphatic heterocycles. The third-order valence-corrected chi connectivity index (χ3v) is 2.33. The number of hydrogen-bond acceptors (Lipinski definition) is 4. The molecule has 0 aliphatic carbocycles. The van der Waals surface area contributed by atoms with Gasteiger partial charge in [-0.05, 0) is 20.3 Å². The summed E-state index contributed by atoms with van der Waals surface area (Å²) in [4.78, 5) is 22.6. The summed E-state index contributed by atoms with van der Waals surface area (Å²) in [5, 5.41) is 5.64. The number of nitrogens with one attached hydrogen (secondary N) is 2. The molecule has 0 bridgehead atoms. The van der Waals surface area contributed by atoms with Crippen LogP contribution in [0.1, 0.15) is 40.0 Å². The summed E-state index contributed by atoms with van der Waals surface area (Å²) in [5.74, 6) is -0.413. The normalized spacial score (nSPS) is 11.9. The van der Waals surface area contributed by atoms with Gasteiger partial charge in [0, 0.05) is 6.54 Å². The summed E-state index contributed by atoms with van der Waals surface area (Å²) < 4.78 is 4.75. The van der Waals surface area contributed by atoms with Crippen molar-refractivity contribution >= 4 is 11.9 Å². The van der Waals surface area contributed by atoms with Crippen LogP contribution in [-0.2, 0) is 14.3 Å². The lowest BCUT2D eigenvalue weighted by Crippen LogP contribution is -2.44. The highest BCUT2D eigenvalue weighted by Crippen LogP contribution is 1.91. The fraction of sp³-hybridized carbons (Fsp3) is 0.833. The molecule has 0 aliphatic rings. The summed E-state index contributed by atoms with van der Waals surface area (Å²) in [7, 11) is 0. The number of unbranched alkanes of at least 4 members (excludes halogenated alkanes) is 2. The average molecular weight is 244 g/mol. The lowest BCUT2D eigenvalue weighted by molar-refractivity contribution is -0.142. The highest BCUT2D eigenvalue weighted by molar-refractivity contribution is 5.82. The summed E-state index contributed by atoms with van der Waals surface area (Å²) in [5.41, 5.74) is 0. The Hall–Kier alpha value is -1.10. The standard InChI is InChI=1S/C12H24N2O3/c1-4-6-7-8-13-12(16)10(3)14-9-11(15)17-5-2/h10,14H,4-9H2,1-3H3,(H,13,16). The van der Waals surface area contributed by atoms with Crippen LogP contribution in [0.15, 0.2) is 0 Å². The van der Waals surface area contributed by atoms with E-state index in [0.29, 0.717) is 13.2 Å². The van der Waals surface area contributed by atoms with Crippen LogP contribution < -0.4 is 10.6 Å². The van der Waals surface area contributed by atoms with Gasteiger partial charge in [-0.25, -0.2) is 0 Å². The van der Waals surface area contributed by atoms with Crippen molar-refractivity contribution in [1.82, 2.24) is 10.6 Å². The number of amides is 1. The Morgan fingerprint density at radius 1 is 1.24 bits per heavy atom. The van der Waals surface area contributed by atoms with Crippen LogP contribution >= 0.6 is 0 Å². The van der Waals surface area contributed by atoms with E-state index >= 15 is 0 Å². The zero-order chi connectivity index (χ0) is 13.1. The van der Waals surface area contributed by atoms with E-state index in [1.54, 1.807) is 13.8 Å². The van der Waals surface area contributed by atoms with E-state index in [2.05, 4.69) is 17.6 Å². The number of ether oxygens (including phenoxy) is 1. The first-order chi connectivity index (χ1) is 8.11. The minimum absolute atomic E-state index is 0.0669. The molecule has 0 rings (SSSR count). The van der Waals surface area contributed by atoms with Crippen LogP contribution in [0.3, 0.4) is 0 Å². The van der Waals surface area contributed by atoms with E-state index in [1.165, 1.54) is 0 Å². The van der Waals surface area contributed by atoms with Crippen LogP contribution in [-0.4, -0.2) is 37.6 Å². The van der Waals surface area contributed by atoms with Crippen molar-refractivity contribution in [3.8, 4) is 0 Å². The summed E-state index contributed by atoms with van der Waals surface area (Å²) >= 11 is 0. The molecular formula is C12H24N2O3. The smallest absolute Gasteiger partial charge is 0.319 e. The Labute approximate surface area is 103 Å². The number of hydrogen-bond donors (Lipinski definition) is 2. The summed E-state index contributed by atoms with van der Waals surface area (Å²) in [6, 6.07) is -0.374. The van der Waals surface area contributed by atoms with Crippen molar-refractivity contribution in [2.24, 2.45) is 0 Å². The molecule has 0 aromatic heterocycles. The largest absolute Gasteiger partial charge is 0.465 e. The molecule has 100 valence electrons. The summed E-state index contributed by atoms with van der Waals surface area (Å²) in [6.07, 6.45) is 3.24. The lowest BCUT2D eigenvalue weighted by atomic mass is 10.2. The minimum atomic E-state index is -0.374. The van der Waals surface area contributed by atoms with Crippen molar-refractivity contribution in [3.63, 3.8) is 0 Å². The van der Waals surface area contributed by atoms with Gasteiger partial charge in [-0.2, -0.15) is 0 Å². The molecule has 0 fully saturated rings. The maximum Gasteiger partial charge on any atom is 0.319 e. The van der Waals surface area contributed by atoms with Gasteiger partial charge in [-0.15, -0.1) is 0 Å². The molecule has 0 saturated heterocycles. The number of rotatable bonds is 9. The zero-order valence-electron chi connectivity index (χ0n) is 11.0. The average Bonchev–Trinajstić information content (AvgIpc) is 2.31. The van der Waals surface area contributed by atoms with Gasteiger partial charge in [0.05, 0.1) is 19.2 Å². The Kier molecular flexibility index (Phi) is 9.43. The third kappa shape index (κ3) is 8.68. The van der Waals surface area contributed by atoms with Crippen LogP contribution in [0.4, 0.5) is 0 Å². The maximum absolute atomic E-state index is 11.6. The predicted molar refractivity (Wildman–Crippen MR) is 66.6 cm³/mol. The van der Waals surface area contributed by atoms with Crippen molar-refractivity contribution in [3.05, 3.63) is 0 Å². The Morgan fingerprint density at radius 2 is 1.94 bits per heavy atom. The second kappa shape index (κ2) is 10.1. The van der Waals surface area contributed by atoms with Gasteiger partial charge in [0.1, 0.15) is 0 Å². The monoisotopic (exact) mass is 244 g/mol. The quantitative estimate of drug-likeness (QED) is 0.466. The number of carbonyl (C=O) groups excluding carboxylic acids is 2. The Balaban J connectivity index is 3.63. The topological polar surface area (TPSA) is 67.4 Å². The highest BCUT2D eigenvalue weighted by Gasteiger charge is 2.13. The van der Waals surface area contributed by atoms with Crippen LogP contribution in [0.25, 0.3) is 0 Å².